The van der Waals surface area contributed by atoms with E-state index in [1.165, 1.54) is 20.1 Å². The Hall–Kier alpha value is -1.23. The number of methoxy groups -OCH3 is 1. The number of halogens is 2. The second-order valence-corrected chi connectivity index (χ2v) is 2.78. The molecule has 0 saturated heterocycles. The van der Waals surface area contributed by atoms with E-state index in [0.717, 1.165) is 0 Å². The maximum Gasteiger partial charge on any atom is 0.264 e. The van der Waals surface area contributed by atoms with Crippen LogP contribution in [0.1, 0.15) is 23.2 Å². The topological polar surface area (TPSA) is 42.4 Å². The number of aliphatic hydroxyl groups excluding tert-OH is 1. The van der Waals surface area contributed by atoms with E-state index in [-0.39, 0.29) is 23.7 Å². The molecule has 14 heavy (non-hydrogen) atoms. The van der Waals surface area contributed by atoms with Gasteiger partial charge >= 0.3 is 0 Å². The van der Waals surface area contributed by atoms with E-state index in [1.54, 1.807) is 0 Å². The molecule has 0 amide bonds. The molecule has 0 saturated carbocycles. The number of nitrogens with zero attached hydrogens (tertiary/aromatic N) is 1. The van der Waals surface area contributed by atoms with Crippen LogP contribution in [-0.2, 0) is 6.61 Å². The molecule has 1 N–H and O–H groups in total. The summed E-state index contributed by atoms with van der Waals surface area (Å²) in [5.74, 6) is 0.0925. The molecule has 1 aromatic rings. The summed E-state index contributed by atoms with van der Waals surface area (Å²) in [6.45, 7) is 1.13. The van der Waals surface area contributed by atoms with E-state index in [1.807, 2.05) is 0 Å². The Balaban J connectivity index is 3.27. The standard InChI is InChI=1S/C9H11F2NO2/c1-5-6(9(10)11)3-8(14-2)12-7(5)4-13/h3,9,13H,4H2,1-2H3. The van der Waals surface area contributed by atoms with Crippen LogP contribution in [0.3, 0.4) is 0 Å². The molecule has 0 atom stereocenters. The van der Waals surface area contributed by atoms with Gasteiger partial charge in [-0.1, -0.05) is 0 Å². The lowest BCUT2D eigenvalue weighted by molar-refractivity contribution is 0.149. The molecule has 1 heterocycles. The first kappa shape index (κ1) is 10.8. The number of ether oxygens (including phenoxy) is 1. The van der Waals surface area contributed by atoms with Gasteiger partial charge in [0.25, 0.3) is 6.43 Å². The average molecular weight is 203 g/mol. The fourth-order valence-electron chi connectivity index (χ4n) is 1.14. The van der Waals surface area contributed by atoms with Crippen molar-refractivity contribution in [2.24, 2.45) is 0 Å². The number of aromatic nitrogens is 1. The summed E-state index contributed by atoms with van der Waals surface area (Å²) >= 11 is 0. The van der Waals surface area contributed by atoms with E-state index in [0.29, 0.717) is 5.56 Å². The van der Waals surface area contributed by atoms with Crippen LogP contribution in [0, 0.1) is 6.92 Å². The number of aliphatic hydroxyl groups is 1. The lowest BCUT2D eigenvalue weighted by Crippen LogP contribution is -2.02. The molecule has 3 nitrogen and oxygen atoms in total. The van der Waals surface area contributed by atoms with Gasteiger partial charge in [0.2, 0.25) is 5.88 Å². The monoisotopic (exact) mass is 203 g/mol. The van der Waals surface area contributed by atoms with Crippen molar-refractivity contribution in [3.63, 3.8) is 0 Å². The fourth-order valence-corrected chi connectivity index (χ4v) is 1.14. The van der Waals surface area contributed by atoms with E-state index in [9.17, 15) is 8.78 Å². The summed E-state index contributed by atoms with van der Waals surface area (Å²) in [6.07, 6.45) is -2.59. The van der Waals surface area contributed by atoms with Gasteiger partial charge in [0.1, 0.15) is 0 Å². The van der Waals surface area contributed by atoms with Crippen LogP contribution in [0.15, 0.2) is 6.07 Å². The van der Waals surface area contributed by atoms with Crippen molar-refractivity contribution in [3.8, 4) is 5.88 Å². The lowest BCUT2D eigenvalue weighted by Gasteiger charge is -2.10. The van der Waals surface area contributed by atoms with Gasteiger partial charge in [-0.05, 0) is 12.5 Å². The molecular formula is C9H11F2NO2. The Bertz CT molecular complexity index is 329. The average Bonchev–Trinajstić information content (AvgIpc) is 2.17. The van der Waals surface area contributed by atoms with E-state index in [2.05, 4.69) is 4.98 Å². The minimum atomic E-state index is -2.59. The summed E-state index contributed by atoms with van der Waals surface area (Å²) in [7, 11) is 1.34. The Morgan fingerprint density at radius 2 is 2.21 bits per heavy atom. The van der Waals surface area contributed by atoms with Crippen molar-refractivity contribution in [3.05, 3.63) is 22.9 Å². The molecule has 78 valence electrons. The van der Waals surface area contributed by atoms with E-state index >= 15 is 0 Å². The summed E-state index contributed by atoms with van der Waals surface area (Å²) < 4.78 is 29.7. The highest BCUT2D eigenvalue weighted by Gasteiger charge is 2.16. The largest absolute Gasteiger partial charge is 0.481 e. The molecule has 0 bridgehead atoms. The Morgan fingerprint density at radius 3 is 2.64 bits per heavy atom. The minimum absolute atomic E-state index is 0.0925. The number of hydrogen-bond acceptors (Lipinski definition) is 3. The Kier molecular flexibility index (Phi) is 3.35. The van der Waals surface area contributed by atoms with E-state index < -0.39 is 6.43 Å². The molecule has 0 fully saturated rings. The van der Waals surface area contributed by atoms with Crippen LogP contribution in [0.5, 0.6) is 5.88 Å². The van der Waals surface area contributed by atoms with Crippen LogP contribution in [0.2, 0.25) is 0 Å². The third-order valence-corrected chi connectivity index (χ3v) is 1.98. The van der Waals surface area contributed by atoms with Gasteiger partial charge in [-0.2, -0.15) is 0 Å². The number of alkyl halides is 2. The third kappa shape index (κ3) is 1.98. The molecule has 1 aromatic heterocycles. The van der Waals surface area contributed by atoms with Crippen LogP contribution in [0.25, 0.3) is 0 Å². The van der Waals surface area contributed by atoms with Crippen LogP contribution >= 0.6 is 0 Å². The van der Waals surface area contributed by atoms with Crippen molar-refractivity contribution >= 4 is 0 Å². The third-order valence-electron chi connectivity index (χ3n) is 1.98. The van der Waals surface area contributed by atoms with Crippen molar-refractivity contribution in [1.82, 2.24) is 4.98 Å². The predicted octanol–water partition coefficient (Wildman–Crippen LogP) is 1.83. The zero-order valence-electron chi connectivity index (χ0n) is 7.92. The summed E-state index contributed by atoms with van der Waals surface area (Å²) in [5.41, 5.74) is 0.379. The maximum absolute atomic E-state index is 12.5. The second kappa shape index (κ2) is 4.32. The predicted molar refractivity (Wildman–Crippen MR) is 46.4 cm³/mol. The molecule has 0 radical (unpaired) electrons. The van der Waals surface area contributed by atoms with Gasteiger partial charge < -0.3 is 9.84 Å². The van der Waals surface area contributed by atoms with Crippen molar-refractivity contribution in [1.29, 1.82) is 0 Å². The van der Waals surface area contributed by atoms with Crippen molar-refractivity contribution in [2.45, 2.75) is 20.0 Å². The van der Waals surface area contributed by atoms with Crippen molar-refractivity contribution in [2.75, 3.05) is 7.11 Å². The summed E-state index contributed by atoms with van der Waals surface area (Å²) in [6, 6.07) is 1.18. The molecule has 0 aliphatic heterocycles. The lowest BCUT2D eigenvalue weighted by atomic mass is 10.1. The van der Waals surface area contributed by atoms with Gasteiger partial charge in [0.15, 0.2) is 0 Å². The molecule has 0 spiro atoms. The van der Waals surface area contributed by atoms with Crippen LogP contribution in [-0.4, -0.2) is 17.2 Å². The first-order chi connectivity index (χ1) is 6.60. The zero-order chi connectivity index (χ0) is 10.7. The van der Waals surface area contributed by atoms with Gasteiger partial charge in [-0.3, -0.25) is 0 Å². The highest BCUT2D eigenvalue weighted by molar-refractivity contribution is 5.34. The first-order valence-electron chi connectivity index (χ1n) is 4.03. The normalized spacial score (nSPS) is 10.7. The molecule has 1 rings (SSSR count). The van der Waals surface area contributed by atoms with Crippen LogP contribution in [0.4, 0.5) is 8.78 Å². The summed E-state index contributed by atoms with van der Waals surface area (Å²) in [4.78, 5) is 3.85. The van der Waals surface area contributed by atoms with Gasteiger partial charge in [0.05, 0.1) is 19.4 Å². The van der Waals surface area contributed by atoms with Crippen molar-refractivity contribution < 1.29 is 18.6 Å². The molecular weight excluding hydrogens is 192 g/mol. The smallest absolute Gasteiger partial charge is 0.264 e. The van der Waals surface area contributed by atoms with Gasteiger partial charge in [-0.15, -0.1) is 0 Å². The van der Waals surface area contributed by atoms with E-state index in [4.69, 9.17) is 9.84 Å². The fraction of sp³-hybridized carbons (Fsp3) is 0.444. The molecule has 0 aromatic carbocycles. The SMILES string of the molecule is COc1cc(C(F)F)c(C)c(CO)n1. The number of pyridine rings is 1. The van der Waals surface area contributed by atoms with Gasteiger partial charge in [-0.25, -0.2) is 13.8 Å². The minimum Gasteiger partial charge on any atom is -0.481 e. The molecule has 0 aliphatic carbocycles. The zero-order valence-corrected chi connectivity index (χ0v) is 7.92. The highest BCUT2D eigenvalue weighted by Crippen LogP contribution is 2.27. The maximum atomic E-state index is 12.5. The quantitative estimate of drug-likeness (QED) is 0.814. The highest BCUT2D eigenvalue weighted by atomic mass is 19.3. The molecule has 0 unspecified atom stereocenters. The number of hydrogen-bond donors (Lipinski definition) is 1. The van der Waals surface area contributed by atoms with Gasteiger partial charge in [0, 0.05) is 11.6 Å². The van der Waals surface area contributed by atoms with Crippen LogP contribution < -0.4 is 4.74 Å². The second-order valence-electron chi connectivity index (χ2n) is 2.78. The summed E-state index contributed by atoms with van der Waals surface area (Å²) in [5, 5.41) is 8.88. The number of rotatable bonds is 3. The molecule has 0 aliphatic rings. The Morgan fingerprint density at radius 1 is 1.57 bits per heavy atom. The Labute approximate surface area is 80.3 Å². The molecule has 5 heteroatoms. The first-order valence-corrected chi connectivity index (χ1v) is 4.03.